The lowest BCUT2D eigenvalue weighted by atomic mass is 9.98. The van der Waals surface area contributed by atoms with Gasteiger partial charge in [-0.25, -0.2) is 8.78 Å². The average Bonchev–Trinajstić information content (AvgIpc) is 3.45. The van der Waals surface area contributed by atoms with Crippen molar-refractivity contribution in [1.29, 1.82) is 0 Å². The van der Waals surface area contributed by atoms with Gasteiger partial charge in [-0.05, 0) is 50.5 Å². The predicted molar refractivity (Wildman–Crippen MR) is 118 cm³/mol. The van der Waals surface area contributed by atoms with Gasteiger partial charge in [0.25, 0.3) is 0 Å². The number of aliphatic hydroxyl groups is 1. The molecule has 0 saturated heterocycles. The molecule has 2 heterocycles. The van der Waals surface area contributed by atoms with Gasteiger partial charge in [-0.15, -0.1) is 0 Å². The van der Waals surface area contributed by atoms with E-state index >= 15 is 0 Å². The standard InChI is InChI=1S/C24H24F2N4O2/c1-24(2,32)10-15-3-7-21(19(25)9-15)29-22(31)8-4-16-11-27-13-20(26)23(16)17-12-28-30(14-17)18-5-6-18/h3-4,7-9,11-14,18,32H,5-6,10H2,1-2H3,(H,29,31). The molecule has 0 atom stereocenters. The molecule has 1 fully saturated rings. The van der Waals surface area contributed by atoms with Crippen molar-refractivity contribution in [3.8, 4) is 11.1 Å². The van der Waals surface area contributed by atoms with E-state index in [9.17, 15) is 18.7 Å². The van der Waals surface area contributed by atoms with E-state index in [0.717, 1.165) is 19.0 Å². The maximum Gasteiger partial charge on any atom is 0.248 e. The monoisotopic (exact) mass is 438 g/mol. The fourth-order valence-corrected chi connectivity index (χ4v) is 3.50. The van der Waals surface area contributed by atoms with Gasteiger partial charge in [0.15, 0.2) is 0 Å². The van der Waals surface area contributed by atoms with Crippen molar-refractivity contribution in [2.24, 2.45) is 0 Å². The molecule has 3 aromatic rings. The van der Waals surface area contributed by atoms with E-state index in [1.54, 1.807) is 32.3 Å². The summed E-state index contributed by atoms with van der Waals surface area (Å²) >= 11 is 0. The second-order valence-corrected chi connectivity index (χ2v) is 8.65. The van der Waals surface area contributed by atoms with Crippen LogP contribution in [-0.4, -0.2) is 31.4 Å². The molecule has 0 spiro atoms. The highest BCUT2D eigenvalue weighted by Gasteiger charge is 2.25. The normalized spacial score (nSPS) is 14.2. The summed E-state index contributed by atoms with van der Waals surface area (Å²) in [6.45, 7) is 3.27. The Morgan fingerprint density at radius 1 is 1.25 bits per heavy atom. The van der Waals surface area contributed by atoms with Crippen LogP contribution in [0.3, 0.4) is 0 Å². The number of benzene rings is 1. The number of hydrogen-bond acceptors (Lipinski definition) is 4. The average molecular weight is 438 g/mol. The van der Waals surface area contributed by atoms with E-state index in [4.69, 9.17) is 0 Å². The van der Waals surface area contributed by atoms with Gasteiger partial charge in [0.2, 0.25) is 5.91 Å². The Bertz CT molecular complexity index is 1180. The number of nitrogens with zero attached hydrogens (tertiary/aromatic N) is 3. The van der Waals surface area contributed by atoms with E-state index in [-0.39, 0.29) is 12.1 Å². The Hall–Kier alpha value is -3.39. The number of rotatable bonds is 7. The summed E-state index contributed by atoms with van der Waals surface area (Å²) < 4.78 is 30.7. The van der Waals surface area contributed by atoms with E-state index in [0.29, 0.717) is 28.3 Å². The van der Waals surface area contributed by atoms with Crippen LogP contribution in [0, 0.1) is 11.6 Å². The van der Waals surface area contributed by atoms with Crippen molar-refractivity contribution in [1.82, 2.24) is 14.8 Å². The number of hydrogen-bond donors (Lipinski definition) is 2. The predicted octanol–water partition coefficient (Wildman–Crippen LogP) is 4.52. The Morgan fingerprint density at radius 3 is 2.72 bits per heavy atom. The van der Waals surface area contributed by atoms with Crippen molar-refractivity contribution >= 4 is 17.7 Å². The third-order valence-corrected chi connectivity index (χ3v) is 5.08. The highest BCUT2D eigenvalue weighted by Crippen LogP contribution is 2.36. The summed E-state index contributed by atoms with van der Waals surface area (Å²) in [4.78, 5) is 16.2. The molecule has 2 N–H and O–H groups in total. The molecular weight excluding hydrogens is 414 g/mol. The van der Waals surface area contributed by atoms with Gasteiger partial charge in [-0.1, -0.05) is 6.07 Å². The van der Waals surface area contributed by atoms with Crippen LogP contribution in [0.5, 0.6) is 0 Å². The zero-order valence-corrected chi connectivity index (χ0v) is 17.8. The van der Waals surface area contributed by atoms with Crippen molar-refractivity contribution in [3.05, 3.63) is 71.8 Å². The summed E-state index contributed by atoms with van der Waals surface area (Å²) in [7, 11) is 0. The third-order valence-electron chi connectivity index (χ3n) is 5.08. The smallest absolute Gasteiger partial charge is 0.248 e. The van der Waals surface area contributed by atoms with Crippen LogP contribution in [0.15, 0.2) is 49.1 Å². The number of aromatic nitrogens is 3. The number of halogens is 2. The Morgan fingerprint density at radius 2 is 2.03 bits per heavy atom. The largest absolute Gasteiger partial charge is 0.390 e. The lowest BCUT2D eigenvalue weighted by Gasteiger charge is -2.17. The molecule has 0 bridgehead atoms. The van der Waals surface area contributed by atoms with Gasteiger partial charge in [0.05, 0.1) is 29.7 Å². The summed E-state index contributed by atoms with van der Waals surface area (Å²) in [6, 6.07) is 4.74. The van der Waals surface area contributed by atoms with Crippen LogP contribution in [0.1, 0.15) is 43.9 Å². The molecule has 1 saturated carbocycles. The van der Waals surface area contributed by atoms with Crippen LogP contribution in [0.2, 0.25) is 0 Å². The first-order valence-corrected chi connectivity index (χ1v) is 10.4. The minimum atomic E-state index is -0.966. The fraction of sp³-hybridized carbons (Fsp3) is 0.292. The maximum absolute atomic E-state index is 14.5. The molecule has 32 heavy (non-hydrogen) atoms. The molecule has 0 aliphatic heterocycles. The molecular formula is C24H24F2N4O2. The van der Waals surface area contributed by atoms with Gasteiger partial charge < -0.3 is 10.4 Å². The van der Waals surface area contributed by atoms with Gasteiger partial charge >= 0.3 is 0 Å². The molecule has 1 aromatic carbocycles. The highest BCUT2D eigenvalue weighted by molar-refractivity contribution is 6.02. The summed E-state index contributed by atoms with van der Waals surface area (Å²) in [5.41, 5.74) is 0.985. The van der Waals surface area contributed by atoms with E-state index in [2.05, 4.69) is 15.4 Å². The molecule has 0 radical (unpaired) electrons. The zero-order chi connectivity index (χ0) is 22.9. The molecule has 1 aliphatic carbocycles. The Balaban J connectivity index is 1.50. The lowest BCUT2D eigenvalue weighted by Crippen LogP contribution is -2.22. The van der Waals surface area contributed by atoms with Gasteiger partial charge in [-0.3, -0.25) is 14.5 Å². The first-order valence-electron chi connectivity index (χ1n) is 10.4. The van der Waals surface area contributed by atoms with Crippen LogP contribution in [0.4, 0.5) is 14.5 Å². The van der Waals surface area contributed by atoms with Crippen molar-refractivity contribution in [2.45, 2.75) is 44.8 Å². The molecule has 8 heteroatoms. The number of nitrogens with one attached hydrogen (secondary N) is 1. The fourth-order valence-electron chi connectivity index (χ4n) is 3.50. The molecule has 4 rings (SSSR count). The minimum Gasteiger partial charge on any atom is -0.390 e. The minimum absolute atomic E-state index is 0.0162. The third kappa shape index (κ3) is 5.26. The molecule has 6 nitrogen and oxygen atoms in total. The number of pyridine rings is 1. The lowest BCUT2D eigenvalue weighted by molar-refractivity contribution is -0.111. The highest BCUT2D eigenvalue weighted by atomic mass is 19.1. The second-order valence-electron chi connectivity index (χ2n) is 8.65. The van der Waals surface area contributed by atoms with E-state index < -0.39 is 23.1 Å². The van der Waals surface area contributed by atoms with Crippen molar-refractivity contribution < 1.29 is 18.7 Å². The molecule has 2 aromatic heterocycles. The summed E-state index contributed by atoms with van der Waals surface area (Å²) in [6.07, 6.45) is 11.0. The Labute approximate surface area is 184 Å². The number of amides is 1. The second kappa shape index (κ2) is 8.63. The zero-order valence-electron chi connectivity index (χ0n) is 17.8. The summed E-state index contributed by atoms with van der Waals surface area (Å²) in [5.74, 6) is -1.69. The molecule has 0 unspecified atom stereocenters. The SMILES string of the molecule is CC(C)(O)Cc1ccc(NC(=O)C=Cc2cncc(F)c2-c2cnn(C3CC3)c2)c(F)c1. The van der Waals surface area contributed by atoms with E-state index in [1.165, 1.54) is 30.5 Å². The first kappa shape index (κ1) is 21.8. The van der Waals surface area contributed by atoms with Crippen LogP contribution in [-0.2, 0) is 11.2 Å². The van der Waals surface area contributed by atoms with Crippen LogP contribution < -0.4 is 5.32 Å². The number of anilines is 1. The number of carbonyl (C=O) groups is 1. The summed E-state index contributed by atoms with van der Waals surface area (Å²) in [5, 5.41) is 16.6. The number of carbonyl (C=O) groups excluding carboxylic acids is 1. The van der Waals surface area contributed by atoms with Crippen LogP contribution in [0.25, 0.3) is 17.2 Å². The molecule has 166 valence electrons. The van der Waals surface area contributed by atoms with Crippen molar-refractivity contribution in [2.75, 3.05) is 5.32 Å². The van der Waals surface area contributed by atoms with Crippen molar-refractivity contribution in [3.63, 3.8) is 0 Å². The Kier molecular flexibility index (Phi) is 5.88. The van der Waals surface area contributed by atoms with E-state index in [1.807, 2.05) is 4.68 Å². The van der Waals surface area contributed by atoms with Crippen LogP contribution >= 0.6 is 0 Å². The molecule has 1 aliphatic rings. The van der Waals surface area contributed by atoms with Gasteiger partial charge in [0, 0.05) is 41.6 Å². The topological polar surface area (TPSA) is 80.0 Å². The maximum atomic E-state index is 14.5. The molecule has 1 amide bonds. The quantitative estimate of drug-likeness (QED) is 0.532. The first-order chi connectivity index (χ1) is 15.2. The van der Waals surface area contributed by atoms with Gasteiger partial charge in [-0.2, -0.15) is 5.10 Å². The van der Waals surface area contributed by atoms with Gasteiger partial charge in [0.1, 0.15) is 11.6 Å².